The van der Waals surface area contributed by atoms with Crippen LogP contribution in [0.3, 0.4) is 0 Å². The fourth-order valence-corrected chi connectivity index (χ4v) is 2.09. The van der Waals surface area contributed by atoms with E-state index in [1.165, 1.54) is 23.0 Å². The number of benzene rings is 1. The number of nitrogens with zero attached hydrogens (tertiary/aromatic N) is 4. The fourth-order valence-electron chi connectivity index (χ4n) is 2.09. The van der Waals surface area contributed by atoms with Crippen molar-refractivity contribution in [1.29, 1.82) is 0 Å². The molecule has 20 heavy (non-hydrogen) atoms. The maximum absolute atomic E-state index is 12.2. The van der Waals surface area contributed by atoms with Crippen LogP contribution in [0.2, 0.25) is 0 Å². The highest BCUT2D eigenvalue weighted by Crippen LogP contribution is 2.16. The first-order valence-electron chi connectivity index (χ1n) is 6.46. The lowest BCUT2D eigenvalue weighted by Crippen LogP contribution is -2.24. The molecular weight excluding hydrogens is 252 g/mol. The van der Waals surface area contributed by atoms with E-state index in [2.05, 4.69) is 15.1 Å². The molecule has 2 aromatic rings. The molecule has 0 fully saturated rings. The second kappa shape index (κ2) is 5.21. The minimum absolute atomic E-state index is 0.208. The molecule has 1 amide bonds. The van der Waals surface area contributed by atoms with Gasteiger partial charge in [-0.25, -0.2) is 9.99 Å². The average Bonchev–Trinajstić information content (AvgIpc) is 2.98. The van der Waals surface area contributed by atoms with Gasteiger partial charge in [-0.1, -0.05) is 29.8 Å². The van der Waals surface area contributed by atoms with Crippen molar-refractivity contribution in [2.45, 2.75) is 13.3 Å². The number of hydrogen-bond donors (Lipinski definition) is 0. The van der Waals surface area contributed by atoms with Crippen molar-refractivity contribution in [1.82, 2.24) is 15.0 Å². The van der Waals surface area contributed by atoms with E-state index in [0.717, 1.165) is 17.7 Å². The van der Waals surface area contributed by atoms with Crippen molar-refractivity contribution in [2.24, 2.45) is 5.10 Å². The smallest absolute Gasteiger partial charge is 0.265 e. The molecule has 0 saturated carbocycles. The summed E-state index contributed by atoms with van der Waals surface area (Å²) < 4.78 is 0. The Morgan fingerprint density at radius 3 is 2.70 bits per heavy atom. The molecule has 0 unspecified atom stereocenters. The lowest BCUT2D eigenvalue weighted by molar-refractivity contribution is 0.0772. The summed E-state index contributed by atoms with van der Waals surface area (Å²) in [6.07, 6.45) is 5.27. The lowest BCUT2D eigenvalue weighted by Gasteiger charge is -2.09. The summed E-state index contributed by atoms with van der Waals surface area (Å²) in [6, 6.07) is 8.16. The number of rotatable bonds is 2. The van der Waals surface area contributed by atoms with Gasteiger partial charge in [0.25, 0.3) is 5.91 Å². The molecule has 0 radical (unpaired) electrons. The van der Waals surface area contributed by atoms with E-state index in [-0.39, 0.29) is 5.91 Å². The van der Waals surface area contributed by atoms with Crippen LogP contribution in [0.25, 0.3) is 0 Å². The lowest BCUT2D eigenvalue weighted by atomic mass is 10.1. The molecule has 1 aliphatic heterocycles. The molecule has 1 aromatic heterocycles. The second-order valence-corrected chi connectivity index (χ2v) is 4.68. The number of carbonyl (C=O) groups is 1. The van der Waals surface area contributed by atoms with Crippen molar-refractivity contribution in [3.63, 3.8) is 0 Å². The molecule has 0 atom stereocenters. The molecule has 0 N–H and O–H groups in total. The van der Waals surface area contributed by atoms with Gasteiger partial charge in [-0.05, 0) is 12.5 Å². The summed E-state index contributed by atoms with van der Waals surface area (Å²) in [5.74, 6) is -0.208. The molecule has 0 saturated heterocycles. The van der Waals surface area contributed by atoms with Crippen LogP contribution in [0.1, 0.15) is 28.0 Å². The van der Waals surface area contributed by atoms with Gasteiger partial charge in [0.15, 0.2) is 0 Å². The largest absolute Gasteiger partial charge is 0.294 e. The molecule has 100 valence electrons. The van der Waals surface area contributed by atoms with Crippen LogP contribution in [0.4, 0.5) is 0 Å². The number of hydrazone groups is 1. The first kappa shape index (κ1) is 12.5. The van der Waals surface area contributed by atoms with Gasteiger partial charge in [-0.15, -0.1) is 0 Å². The van der Waals surface area contributed by atoms with Crippen LogP contribution in [-0.2, 0) is 0 Å². The quantitative estimate of drug-likeness (QED) is 0.835. The zero-order chi connectivity index (χ0) is 13.9. The Morgan fingerprint density at radius 1 is 1.20 bits per heavy atom. The molecule has 3 rings (SSSR count). The van der Waals surface area contributed by atoms with Gasteiger partial charge in [-0.2, -0.15) is 5.10 Å². The minimum Gasteiger partial charge on any atom is -0.265 e. The zero-order valence-electron chi connectivity index (χ0n) is 11.2. The second-order valence-electron chi connectivity index (χ2n) is 4.68. The zero-order valence-corrected chi connectivity index (χ0v) is 11.2. The van der Waals surface area contributed by atoms with E-state index in [9.17, 15) is 4.79 Å². The van der Waals surface area contributed by atoms with E-state index in [1.807, 2.05) is 31.2 Å². The molecule has 1 aromatic carbocycles. The number of hydrogen-bond acceptors (Lipinski definition) is 4. The van der Waals surface area contributed by atoms with Crippen LogP contribution < -0.4 is 0 Å². The minimum atomic E-state index is -0.208. The summed E-state index contributed by atoms with van der Waals surface area (Å²) in [4.78, 5) is 20.1. The van der Waals surface area contributed by atoms with E-state index in [4.69, 9.17) is 0 Å². The summed E-state index contributed by atoms with van der Waals surface area (Å²) in [5, 5.41) is 5.85. The highest BCUT2D eigenvalue weighted by Gasteiger charge is 2.23. The molecule has 5 nitrogen and oxygen atoms in total. The number of aromatic nitrogens is 2. The van der Waals surface area contributed by atoms with Crippen molar-refractivity contribution in [3.05, 3.63) is 59.7 Å². The molecule has 5 heteroatoms. The van der Waals surface area contributed by atoms with Crippen molar-refractivity contribution >= 4 is 11.6 Å². The van der Waals surface area contributed by atoms with Gasteiger partial charge < -0.3 is 0 Å². The highest BCUT2D eigenvalue weighted by molar-refractivity contribution is 6.04. The molecule has 0 spiro atoms. The van der Waals surface area contributed by atoms with E-state index in [1.54, 1.807) is 6.20 Å². The van der Waals surface area contributed by atoms with Crippen molar-refractivity contribution in [2.75, 3.05) is 6.54 Å². The summed E-state index contributed by atoms with van der Waals surface area (Å²) in [5.41, 5.74) is 3.52. The Balaban J connectivity index is 1.81. The third kappa shape index (κ3) is 2.42. The maximum atomic E-state index is 12.2. The van der Waals surface area contributed by atoms with Gasteiger partial charge >= 0.3 is 0 Å². The molecule has 0 aliphatic carbocycles. The van der Waals surface area contributed by atoms with Crippen LogP contribution >= 0.6 is 0 Å². The molecular formula is C15H14N4O. The van der Waals surface area contributed by atoms with Gasteiger partial charge in [-0.3, -0.25) is 9.78 Å². The SMILES string of the molecule is Cc1ccc(C2=NN(C(=O)c3cnccn3)CC2)cc1. The van der Waals surface area contributed by atoms with Crippen LogP contribution in [0.5, 0.6) is 0 Å². The molecule has 0 bridgehead atoms. The van der Waals surface area contributed by atoms with E-state index < -0.39 is 0 Å². The standard InChI is InChI=1S/C15H14N4O/c1-11-2-4-12(5-3-11)13-6-9-19(18-13)15(20)14-10-16-7-8-17-14/h2-5,7-8,10H,6,9H2,1H3. The summed E-state index contributed by atoms with van der Waals surface area (Å²) >= 11 is 0. The maximum Gasteiger partial charge on any atom is 0.294 e. The Hall–Kier alpha value is -2.56. The van der Waals surface area contributed by atoms with Gasteiger partial charge in [0.2, 0.25) is 0 Å². The Bertz CT molecular complexity index is 649. The van der Waals surface area contributed by atoms with Crippen LogP contribution in [-0.4, -0.2) is 33.1 Å². The van der Waals surface area contributed by atoms with Gasteiger partial charge in [0.05, 0.1) is 18.5 Å². The normalized spacial score (nSPS) is 14.2. The Morgan fingerprint density at radius 2 is 2.00 bits per heavy atom. The average molecular weight is 266 g/mol. The van der Waals surface area contributed by atoms with Gasteiger partial charge in [0.1, 0.15) is 5.69 Å². The topological polar surface area (TPSA) is 58.5 Å². The molecule has 1 aliphatic rings. The van der Waals surface area contributed by atoms with Crippen molar-refractivity contribution < 1.29 is 4.79 Å². The number of aryl methyl sites for hydroxylation is 1. The number of amides is 1. The first-order chi connectivity index (χ1) is 9.74. The highest BCUT2D eigenvalue weighted by atomic mass is 16.2. The predicted octanol–water partition coefficient (Wildman–Crippen LogP) is 2.04. The summed E-state index contributed by atoms with van der Waals surface area (Å²) in [7, 11) is 0. The monoisotopic (exact) mass is 266 g/mol. The van der Waals surface area contributed by atoms with E-state index >= 15 is 0 Å². The molecule has 2 heterocycles. The third-order valence-corrected chi connectivity index (χ3v) is 3.20. The third-order valence-electron chi connectivity index (χ3n) is 3.20. The van der Waals surface area contributed by atoms with Crippen LogP contribution in [0.15, 0.2) is 48.0 Å². The Kier molecular flexibility index (Phi) is 3.25. The van der Waals surface area contributed by atoms with Crippen LogP contribution in [0, 0.1) is 6.92 Å². The predicted molar refractivity (Wildman–Crippen MR) is 75.4 cm³/mol. The fraction of sp³-hybridized carbons (Fsp3) is 0.200. The van der Waals surface area contributed by atoms with Gasteiger partial charge in [0, 0.05) is 18.8 Å². The summed E-state index contributed by atoms with van der Waals surface area (Å²) in [6.45, 7) is 2.63. The Labute approximate surface area is 117 Å². The first-order valence-corrected chi connectivity index (χ1v) is 6.46. The van der Waals surface area contributed by atoms with E-state index in [0.29, 0.717) is 12.2 Å². The number of carbonyl (C=O) groups excluding carboxylic acids is 1. The van der Waals surface area contributed by atoms with Crippen molar-refractivity contribution in [3.8, 4) is 0 Å².